The summed E-state index contributed by atoms with van der Waals surface area (Å²) >= 11 is 1.80. The SMILES string of the molecule is CC/C=C\CC(CC)c1ccsc1. The van der Waals surface area contributed by atoms with Crippen LogP contribution in [0.3, 0.4) is 0 Å². The summed E-state index contributed by atoms with van der Waals surface area (Å²) in [5.41, 5.74) is 1.51. The molecule has 1 aromatic rings. The Morgan fingerprint density at radius 3 is 2.77 bits per heavy atom. The van der Waals surface area contributed by atoms with Crippen molar-refractivity contribution in [3.05, 3.63) is 34.5 Å². The highest BCUT2D eigenvalue weighted by molar-refractivity contribution is 7.07. The van der Waals surface area contributed by atoms with Gasteiger partial charge in [0.25, 0.3) is 0 Å². The van der Waals surface area contributed by atoms with Crippen molar-refractivity contribution in [3.63, 3.8) is 0 Å². The van der Waals surface area contributed by atoms with Crippen molar-refractivity contribution in [2.75, 3.05) is 0 Å². The summed E-state index contributed by atoms with van der Waals surface area (Å²) in [6.07, 6.45) is 8.16. The van der Waals surface area contributed by atoms with Crippen molar-refractivity contribution in [2.45, 2.75) is 39.0 Å². The Hall–Kier alpha value is -0.560. The molecule has 1 atom stereocenters. The van der Waals surface area contributed by atoms with Gasteiger partial charge in [-0.1, -0.05) is 26.0 Å². The highest BCUT2D eigenvalue weighted by Crippen LogP contribution is 2.25. The first kappa shape index (κ1) is 10.5. The predicted molar refractivity (Wildman–Crippen MR) is 61.4 cm³/mol. The first-order valence-electron chi connectivity index (χ1n) is 5.05. The second-order valence-corrected chi connectivity index (χ2v) is 4.06. The molecule has 0 fully saturated rings. The molecule has 0 radical (unpaired) electrons. The second kappa shape index (κ2) is 5.98. The van der Waals surface area contributed by atoms with Crippen molar-refractivity contribution in [1.82, 2.24) is 0 Å². The number of thiophene rings is 1. The van der Waals surface area contributed by atoms with Crippen molar-refractivity contribution >= 4 is 11.3 Å². The van der Waals surface area contributed by atoms with Crippen LogP contribution >= 0.6 is 11.3 Å². The summed E-state index contributed by atoms with van der Waals surface area (Å²) in [7, 11) is 0. The van der Waals surface area contributed by atoms with Gasteiger partial charge in [-0.3, -0.25) is 0 Å². The van der Waals surface area contributed by atoms with Crippen LogP contribution in [0.25, 0.3) is 0 Å². The average Bonchev–Trinajstić information content (AvgIpc) is 2.65. The quantitative estimate of drug-likeness (QED) is 0.601. The largest absolute Gasteiger partial charge is 0.152 e. The normalized spacial score (nSPS) is 13.7. The van der Waals surface area contributed by atoms with E-state index in [0.717, 1.165) is 12.3 Å². The molecule has 0 nitrogen and oxygen atoms in total. The van der Waals surface area contributed by atoms with Crippen molar-refractivity contribution < 1.29 is 0 Å². The summed E-state index contributed by atoms with van der Waals surface area (Å²) in [4.78, 5) is 0. The van der Waals surface area contributed by atoms with E-state index < -0.39 is 0 Å². The molecule has 0 amide bonds. The molecule has 1 aromatic heterocycles. The summed E-state index contributed by atoms with van der Waals surface area (Å²) in [6, 6.07) is 2.25. The molecule has 0 aliphatic carbocycles. The Balaban J connectivity index is 2.49. The van der Waals surface area contributed by atoms with Crippen molar-refractivity contribution in [2.24, 2.45) is 0 Å². The molecule has 1 heteroatoms. The molecule has 0 aromatic carbocycles. The Morgan fingerprint density at radius 2 is 2.23 bits per heavy atom. The van der Waals surface area contributed by atoms with E-state index in [2.05, 4.69) is 42.8 Å². The minimum absolute atomic E-state index is 0.731. The lowest BCUT2D eigenvalue weighted by Crippen LogP contribution is -1.92. The zero-order chi connectivity index (χ0) is 9.52. The van der Waals surface area contributed by atoms with E-state index in [9.17, 15) is 0 Å². The van der Waals surface area contributed by atoms with Crippen molar-refractivity contribution in [3.8, 4) is 0 Å². The standard InChI is InChI=1S/C12H18S/c1-3-5-6-7-11(4-2)12-8-9-13-10-12/h5-6,8-11H,3-4,7H2,1-2H3/b6-5-. The predicted octanol–water partition coefficient (Wildman–Crippen LogP) is 4.60. The van der Waals surface area contributed by atoms with Gasteiger partial charge in [-0.25, -0.2) is 0 Å². The summed E-state index contributed by atoms with van der Waals surface area (Å²) in [5, 5.41) is 4.44. The molecule has 13 heavy (non-hydrogen) atoms. The Kier molecular flexibility index (Phi) is 4.84. The van der Waals surface area contributed by atoms with E-state index >= 15 is 0 Å². The van der Waals surface area contributed by atoms with Gasteiger partial charge in [0.2, 0.25) is 0 Å². The van der Waals surface area contributed by atoms with E-state index in [1.165, 1.54) is 18.4 Å². The number of hydrogen-bond acceptors (Lipinski definition) is 1. The minimum Gasteiger partial charge on any atom is -0.152 e. The van der Waals surface area contributed by atoms with Gasteiger partial charge in [0, 0.05) is 0 Å². The summed E-state index contributed by atoms with van der Waals surface area (Å²) in [6.45, 7) is 4.45. The molecule has 1 heterocycles. The lowest BCUT2D eigenvalue weighted by atomic mass is 9.95. The zero-order valence-corrected chi connectivity index (χ0v) is 9.31. The molecule has 0 aliphatic rings. The van der Waals surface area contributed by atoms with Crippen LogP contribution in [-0.2, 0) is 0 Å². The third kappa shape index (κ3) is 3.35. The van der Waals surface area contributed by atoms with Crippen LogP contribution < -0.4 is 0 Å². The Labute approximate surface area is 85.3 Å². The maximum Gasteiger partial charge on any atom is -0.00583 e. The first-order valence-corrected chi connectivity index (χ1v) is 5.99. The fourth-order valence-corrected chi connectivity index (χ4v) is 2.22. The van der Waals surface area contributed by atoms with E-state index in [1.807, 2.05) is 0 Å². The monoisotopic (exact) mass is 194 g/mol. The van der Waals surface area contributed by atoms with E-state index in [-0.39, 0.29) is 0 Å². The third-order valence-electron chi connectivity index (χ3n) is 2.33. The van der Waals surface area contributed by atoms with E-state index in [4.69, 9.17) is 0 Å². The maximum absolute atomic E-state index is 2.31. The van der Waals surface area contributed by atoms with Gasteiger partial charge in [-0.15, -0.1) is 0 Å². The van der Waals surface area contributed by atoms with Gasteiger partial charge in [0.1, 0.15) is 0 Å². The molecule has 1 rings (SSSR count). The van der Waals surface area contributed by atoms with Crippen LogP contribution in [0.15, 0.2) is 29.0 Å². The minimum atomic E-state index is 0.731. The lowest BCUT2D eigenvalue weighted by molar-refractivity contribution is 0.676. The molecular weight excluding hydrogens is 176 g/mol. The van der Waals surface area contributed by atoms with E-state index in [0.29, 0.717) is 0 Å². The zero-order valence-electron chi connectivity index (χ0n) is 8.49. The topological polar surface area (TPSA) is 0 Å². The lowest BCUT2D eigenvalue weighted by Gasteiger charge is -2.09. The molecule has 72 valence electrons. The van der Waals surface area contributed by atoms with Gasteiger partial charge in [-0.2, -0.15) is 11.3 Å². The molecule has 0 saturated heterocycles. The average molecular weight is 194 g/mol. The Morgan fingerprint density at radius 1 is 1.38 bits per heavy atom. The second-order valence-electron chi connectivity index (χ2n) is 3.28. The molecule has 0 aliphatic heterocycles. The third-order valence-corrected chi connectivity index (χ3v) is 3.03. The van der Waals surface area contributed by atoms with Gasteiger partial charge >= 0.3 is 0 Å². The van der Waals surface area contributed by atoms with Gasteiger partial charge in [-0.05, 0) is 47.6 Å². The van der Waals surface area contributed by atoms with Crippen LogP contribution in [0.5, 0.6) is 0 Å². The first-order chi connectivity index (χ1) is 6.38. The Bertz CT molecular complexity index is 234. The highest BCUT2D eigenvalue weighted by Gasteiger charge is 2.06. The van der Waals surface area contributed by atoms with Gasteiger partial charge in [0.05, 0.1) is 0 Å². The van der Waals surface area contributed by atoms with Crippen LogP contribution in [0.1, 0.15) is 44.6 Å². The smallest absolute Gasteiger partial charge is 0.00583 e. The van der Waals surface area contributed by atoms with Crippen LogP contribution in [0.4, 0.5) is 0 Å². The molecule has 0 N–H and O–H groups in total. The number of hydrogen-bond donors (Lipinski definition) is 0. The van der Waals surface area contributed by atoms with Gasteiger partial charge in [0.15, 0.2) is 0 Å². The molecular formula is C12H18S. The number of rotatable bonds is 5. The molecule has 0 saturated carbocycles. The van der Waals surface area contributed by atoms with Crippen LogP contribution in [-0.4, -0.2) is 0 Å². The molecule has 0 spiro atoms. The fourth-order valence-electron chi connectivity index (χ4n) is 1.47. The molecule has 1 unspecified atom stereocenters. The maximum atomic E-state index is 2.31. The van der Waals surface area contributed by atoms with Crippen molar-refractivity contribution in [1.29, 1.82) is 0 Å². The van der Waals surface area contributed by atoms with Crippen LogP contribution in [0.2, 0.25) is 0 Å². The molecule has 0 bridgehead atoms. The van der Waals surface area contributed by atoms with E-state index in [1.54, 1.807) is 11.3 Å². The summed E-state index contributed by atoms with van der Waals surface area (Å²) in [5.74, 6) is 0.731. The summed E-state index contributed by atoms with van der Waals surface area (Å²) < 4.78 is 0. The van der Waals surface area contributed by atoms with Crippen LogP contribution in [0, 0.1) is 0 Å². The highest BCUT2D eigenvalue weighted by atomic mass is 32.1. The number of allylic oxidation sites excluding steroid dienone is 2. The van der Waals surface area contributed by atoms with Gasteiger partial charge < -0.3 is 0 Å². The fraction of sp³-hybridized carbons (Fsp3) is 0.500.